The van der Waals surface area contributed by atoms with Gasteiger partial charge < -0.3 is 0 Å². The summed E-state index contributed by atoms with van der Waals surface area (Å²) in [4.78, 5) is 0.285. The van der Waals surface area contributed by atoms with E-state index >= 15 is 0 Å². The molecule has 136 valence electrons. The maximum atomic E-state index is 13.3. The van der Waals surface area contributed by atoms with Crippen LogP contribution in [0.3, 0.4) is 0 Å². The molecular formula is C20H23N3O2S. The van der Waals surface area contributed by atoms with E-state index in [-0.39, 0.29) is 4.90 Å². The van der Waals surface area contributed by atoms with Crippen molar-refractivity contribution in [3.8, 4) is 0 Å². The summed E-state index contributed by atoms with van der Waals surface area (Å²) in [7, 11) is -3.68. The van der Waals surface area contributed by atoms with Crippen LogP contribution in [0.15, 0.2) is 47.4 Å². The van der Waals surface area contributed by atoms with Crippen LogP contribution < -0.4 is 0 Å². The number of fused-ring (bicyclic) bond motifs is 1. The minimum absolute atomic E-state index is 0.285. The van der Waals surface area contributed by atoms with Gasteiger partial charge in [-0.3, -0.25) is 0 Å². The molecule has 2 heterocycles. The Morgan fingerprint density at radius 1 is 1.08 bits per heavy atom. The lowest BCUT2D eigenvalue weighted by molar-refractivity contribution is 0.586. The number of benzene rings is 1. The van der Waals surface area contributed by atoms with E-state index in [2.05, 4.69) is 17.1 Å². The van der Waals surface area contributed by atoms with Crippen molar-refractivity contribution in [2.75, 3.05) is 0 Å². The summed E-state index contributed by atoms with van der Waals surface area (Å²) in [6, 6.07) is 12.6. The quantitative estimate of drug-likeness (QED) is 0.583. The highest BCUT2D eigenvalue weighted by atomic mass is 32.2. The van der Waals surface area contributed by atoms with Crippen LogP contribution in [-0.2, 0) is 16.4 Å². The predicted molar refractivity (Wildman–Crippen MR) is 102 cm³/mol. The van der Waals surface area contributed by atoms with E-state index in [1.807, 2.05) is 18.2 Å². The van der Waals surface area contributed by atoms with E-state index in [1.54, 1.807) is 24.3 Å². The van der Waals surface area contributed by atoms with E-state index in [9.17, 15) is 8.42 Å². The van der Waals surface area contributed by atoms with Gasteiger partial charge in [-0.15, -0.1) is 5.10 Å². The van der Waals surface area contributed by atoms with Crippen LogP contribution in [0.5, 0.6) is 0 Å². The van der Waals surface area contributed by atoms with Crippen LogP contribution in [0.4, 0.5) is 0 Å². The smallest absolute Gasteiger partial charge is 0.219 e. The van der Waals surface area contributed by atoms with Gasteiger partial charge in [0.25, 0.3) is 10.0 Å². The Bertz CT molecular complexity index is 1020. The molecule has 1 aliphatic rings. The molecule has 26 heavy (non-hydrogen) atoms. The first-order chi connectivity index (χ1) is 12.6. The number of hydrogen-bond acceptors (Lipinski definition) is 4. The summed E-state index contributed by atoms with van der Waals surface area (Å²) in [5.74, 6) is 0.297. The Labute approximate surface area is 154 Å². The Hall–Kier alpha value is -2.21. The zero-order chi connectivity index (χ0) is 18.1. The van der Waals surface area contributed by atoms with Crippen molar-refractivity contribution < 1.29 is 8.42 Å². The highest BCUT2D eigenvalue weighted by Crippen LogP contribution is 2.43. The molecule has 0 saturated heterocycles. The number of rotatable bonds is 7. The van der Waals surface area contributed by atoms with Crippen LogP contribution in [0, 0.1) is 0 Å². The topological polar surface area (TPSA) is 64.8 Å². The largest absolute Gasteiger partial charge is 0.269 e. The van der Waals surface area contributed by atoms with Crippen molar-refractivity contribution in [3.63, 3.8) is 0 Å². The molecule has 0 atom stereocenters. The first-order valence-corrected chi connectivity index (χ1v) is 10.7. The molecular weight excluding hydrogens is 346 g/mol. The van der Waals surface area contributed by atoms with Gasteiger partial charge in [-0.25, -0.2) is 12.4 Å². The molecule has 4 rings (SSSR count). The van der Waals surface area contributed by atoms with Gasteiger partial charge in [0.05, 0.1) is 10.6 Å². The molecule has 0 N–H and O–H groups in total. The Morgan fingerprint density at radius 3 is 2.54 bits per heavy atom. The third-order valence-electron chi connectivity index (χ3n) is 4.90. The SMILES string of the molecule is CCCCCc1cc2cc(C3CC3)n(S(=O)(=O)c3ccccc3)c2nn1. The number of unbranched alkanes of at least 4 members (excludes halogenated alkanes) is 2. The van der Waals surface area contributed by atoms with Crippen molar-refractivity contribution in [2.45, 2.75) is 56.3 Å². The molecule has 0 aliphatic heterocycles. The predicted octanol–water partition coefficient (Wildman–Crippen LogP) is 4.28. The molecule has 1 saturated carbocycles. The van der Waals surface area contributed by atoms with Gasteiger partial charge in [0.1, 0.15) is 0 Å². The summed E-state index contributed by atoms with van der Waals surface area (Å²) < 4.78 is 27.9. The van der Waals surface area contributed by atoms with Crippen LogP contribution in [0.2, 0.25) is 0 Å². The lowest BCUT2D eigenvalue weighted by Crippen LogP contribution is -2.16. The van der Waals surface area contributed by atoms with Crippen molar-refractivity contribution in [3.05, 3.63) is 53.9 Å². The number of hydrogen-bond donors (Lipinski definition) is 0. The number of nitrogens with zero attached hydrogens (tertiary/aromatic N) is 3. The zero-order valence-corrected chi connectivity index (χ0v) is 15.7. The van der Waals surface area contributed by atoms with Crippen LogP contribution >= 0.6 is 0 Å². The third-order valence-corrected chi connectivity index (χ3v) is 6.63. The molecule has 1 fully saturated rings. The standard InChI is InChI=1S/C20H23N3O2S/c1-2-3-5-8-17-13-16-14-19(15-11-12-15)23(20(16)22-21-17)26(24,25)18-9-6-4-7-10-18/h4,6-7,9-10,13-15H,2-3,5,8,11-12H2,1H3. The second-order valence-corrected chi connectivity index (χ2v) is 8.78. The second-order valence-electron chi connectivity index (χ2n) is 7.00. The van der Waals surface area contributed by atoms with Crippen molar-refractivity contribution >= 4 is 21.1 Å². The summed E-state index contributed by atoms with van der Waals surface area (Å²) in [6.45, 7) is 2.17. The summed E-state index contributed by atoms with van der Waals surface area (Å²) in [6.07, 6.45) is 6.33. The van der Waals surface area contributed by atoms with Crippen LogP contribution in [0.25, 0.3) is 11.0 Å². The lowest BCUT2D eigenvalue weighted by atomic mass is 10.1. The monoisotopic (exact) mass is 369 g/mol. The first-order valence-electron chi connectivity index (χ1n) is 9.30. The molecule has 3 aromatic rings. The lowest BCUT2D eigenvalue weighted by Gasteiger charge is -2.10. The molecule has 2 aromatic heterocycles. The van der Waals surface area contributed by atoms with Crippen molar-refractivity contribution in [1.29, 1.82) is 0 Å². The summed E-state index contributed by atoms with van der Waals surface area (Å²) >= 11 is 0. The van der Waals surface area contributed by atoms with Gasteiger partial charge in [-0.2, -0.15) is 5.10 Å². The first kappa shape index (κ1) is 17.2. The van der Waals surface area contributed by atoms with E-state index in [0.717, 1.165) is 55.3 Å². The highest BCUT2D eigenvalue weighted by Gasteiger charge is 2.33. The second kappa shape index (κ2) is 6.83. The number of aryl methyl sites for hydroxylation is 1. The zero-order valence-electron chi connectivity index (χ0n) is 14.9. The minimum atomic E-state index is -3.68. The van der Waals surface area contributed by atoms with Gasteiger partial charge in [0, 0.05) is 17.0 Å². The van der Waals surface area contributed by atoms with Gasteiger partial charge in [0.2, 0.25) is 0 Å². The van der Waals surface area contributed by atoms with Crippen molar-refractivity contribution in [2.24, 2.45) is 0 Å². The molecule has 1 aliphatic carbocycles. The molecule has 1 aromatic carbocycles. The Kier molecular flexibility index (Phi) is 4.53. The maximum absolute atomic E-state index is 13.3. The van der Waals surface area contributed by atoms with E-state index in [0.29, 0.717) is 11.6 Å². The minimum Gasteiger partial charge on any atom is -0.219 e. The van der Waals surface area contributed by atoms with E-state index in [4.69, 9.17) is 0 Å². The molecule has 0 bridgehead atoms. The number of aromatic nitrogens is 3. The normalized spacial score (nSPS) is 14.8. The molecule has 0 radical (unpaired) electrons. The van der Waals surface area contributed by atoms with Gasteiger partial charge >= 0.3 is 0 Å². The fourth-order valence-corrected chi connectivity index (χ4v) is 4.90. The molecule has 5 nitrogen and oxygen atoms in total. The Balaban J connectivity index is 1.82. The van der Waals surface area contributed by atoms with Gasteiger partial charge in [0.15, 0.2) is 5.65 Å². The van der Waals surface area contributed by atoms with Crippen LogP contribution in [-0.4, -0.2) is 22.6 Å². The fourth-order valence-electron chi connectivity index (χ4n) is 3.34. The molecule has 0 unspecified atom stereocenters. The third kappa shape index (κ3) is 3.14. The summed E-state index contributed by atoms with van der Waals surface area (Å²) in [5.41, 5.74) is 2.21. The average molecular weight is 369 g/mol. The van der Waals surface area contributed by atoms with Gasteiger partial charge in [-0.1, -0.05) is 38.0 Å². The van der Waals surface area contributed by atoms with Crippen LogP contribution in [0.1, 0.15) is 56.3 Å². The summed E-state index contributed by atoms with van der Waals surface area (Å²) in [5, 5.41) is 9.49. The van der Waals surface area contributed by atoms with Crippen molar-refractivity contribution in [1.82, 2.24) is 14.2 Å². The fraction of sp³-hybridized carbons (Fsp3) is 0.400. The molecule has 6 heteroatoms. The highest BCUT2D eigenvalue weighted by molar-refractivity contribution is 7.90. The van der Waals surface area contributed by atoms with E-state index < -0.39 is 10.0 Å². The van der Waals surface area contributed by atoms with Gasteiger partial charge in [-0.05, 0) is 49.9 Å². The molecule has 0 spiro atoms. The average Bonchev–Trinajstić information content (AvgIpc) is 3.42. The molecule has 0 amide bonds. The maximum Gasteiger partial charge on any atom is 0.269 e. The Morgan fingerprint density at radius 2 is 1.85 bits per heavy atom. The van der Waals surface area contributed by atoms with E-state index in [1.165, 1.54) is 3.97 Å².